The first-order valence-corrected chi connectivity index (χ1v) is 6.68. The van der Waals surface area contributed by atoms with Gasteiger partial charge in [0, 0.05) is 12.4 Å². The molecule has 112 valence electrons. The van der Waals surface area contributed by atoms with Crippen LogP contribution in [0.4, 0.5) is 8.78 Å². The molecule has 0 radical (unpaired) electrons. The molecule has 6 heteroatoms. The van der Waals surface area contributed by atoms with Gasteiger partial charge in [-0.3, -0.25) is 4.98 Å². The summed E-state index contributed by atoms with van der Waals surface area (Å²) < 4.78 is 32.3. The summed E-state index contributed by atoms with van der Waals surface area (Å²) in [6.07, 6.45) is 3.32. The zero-order chi connectivity index (χ0) is 15.2. The minimum Gasteiger partial charge on any atom is -0.480 e. The number of benzene rings is 1. The van der Waals surface area contributed by atoms with Crippen molar-refractivity contribution in [2.75, 3.05) is 13.7 Å². The molecule has 0 bridgehead atoms. The fraction of sp³-hybridized carbons (Fsp3) is 0.333. The van der Waals surface area contributed by atoms with E-state index in [0.717, 1.165) is 6.07 Å². The van der Waals surface area contributed by atoms with Gasteiger partial charge in [0.15, 0.2) is 11.6 Å². The van der Waals surface area contributed by atoms with Gasteiger partial charge in [0.05, 0.1) is 13.2 Å². The Morgan fingerprint density at radius 3 is 2.71 bits per heavy atom. The molecule has 1 unspecified atom stereocenters. The molecule has 4 nitrogen and oxygen atoms in total. The molecule has 1 N–H and O–H groups in total. The second-order valence-electron chi connectivity index (χ2n) is 4.48. The molecular weight excluding hydrogens is 276 g/mol. The van der Waals surface area contributed by atoms with Gasteiger partial charge < -0.3 is 10.1 Å². The van der Waals surface area contributed by atoms with Gasteiger partial charge in [-0.15, -0.1) is 0 Å². The zero-order valence-corrected chi connectivity index (χ0v) is 11.9. The standard InChI is InChI=1S/C15H17F2N3O/c1-3-18-12(14-15(21-2)20-8-7-19-14)9-10-5-4-6-11(16)13(10)17/h4-8,12,18H,3,9H2,1-2H3. The molecule has 21 heavy (non-hydrogen) atoms. The third-order valence-electron chi connectivity index (χ3n) is 3.12. The van der Waals surface area contributed by atoms with Gasteiger partial charge in [-0.25, -0.2) is 13.8 Å². The fourth-order valence-corrected chi connectivity index (χ4v) is 2.17. The number of aromatic nitrogens is 2. The summed E-state index contributed by atoms with van der Waals surface area (Å²) in [5, 5.41) is 3.20. The van der Waals surface area contributed by atoms with E-state index < -0.39 is 11.6 Å². The first-order chi connectivity index (χ1) is 10.2. The second kappa shape index (κ2) is 7.08. The minimum absolute atomic E-state index is 0.256. The van der Waals surface area contributed by atoms with Crippen molar-refractivity contribution in [1.29, 1.82) is 0 Å². The third kappa shape index (κ3) is 3.52. The molecule has 0 spiro atoms. The molecule has 2 rings (SSSR count). The van der Waals surface area contributed by atoms with Crippen molar-refractivity contribution in [2.24, 2.45) is 0 Å². The summed E-state index contributed by atoms with van der Waals surface area (Å²) in [5.41, 5.74) is 0.860. The number of rotatable bonds is 6. The van der Waals surface area contributed by atoms with E-state index in [-0.39, 0.29) is 18.0 Å². The van der Waals surface area contributed by atoms with Crippen LogP contribution in [-0.4, -0.2) is 23.6 Å². The molecule has 0 saturated carbocycles. The van der Waals surface area contributed by atoms with Gasteiger partial charge in [-0.2, -0.15) is 0 Å². The molecule has 0 aliphatic rings. The zero-order valence-electron chi connectivity index (χ0n) is 11.9. The Balaban J connectivity index is 2.33. The van der Waals surface area contributed by atoms with Gasteiger partial charge in [-0.05, 0) is 24.6 Å². The molecule has 1 aromatic carbocycles. The largest absolute Gasteiger partial charge is 0.480 e. The van der Waals surface area contributed by atoms with Crippen molar-refractivity contribution in [2.45, 2.75) is 19.4 Å². The monoisotopic (exact) mass is 293 g/mol. The van der Waals surface area contributed by atoms with E-state index in [1.54, 1.807) is 12.3 Å². The first kappa shape index (κ1) is 15.3. The third-order valence-corrected chi connectivity index (χ3v) is 3.12. The van der Waals surface area contributed by atoms with Gasteiger partial charge in [0.25, 0.3) is 0 Å². The maximum atomic E-state index is 13.8. The average Bonchev–Trinajstić information content (AvgIpc) is 2.51. The lowest BCUT2D eigenvalue weighted by Gasteiger charge is -2.19. The highest BCUT2D eigenvalue weighted by atomic mass is 19.2. The van der Waals surface area contributed by atoms with Crippen LogP contribution in [0.15, 0.2) is 30.6 Å². The van der Waals surface area contributed by atoms with Crippen LogP contribution in [0.2, 0.25) is 0 Å². The molecule has 0 aliphatic carbocycles. The van der Waals surface area contributed by atoms with Gasteiger partial charge in [0.2, 0.25) is 5.88 Å². The van der Waals surface area contributed by atoms with E-state index in [1.807, 2.05) is 6.92 Å². The molecule has 0 amide bonds. The van der Waals surface area contributed by atoms with Crippen LogP contribution in [0.25, 0.3) is 0 Å². The van der Waals surface area contributed by atoms with Gasteiger partial charge in [-0.1, -0.05) is 19.1 Å². The summed E-state index contributed by atoms with van der Waals surface area (Å²) >= 11 is 0. The normalized spacial score (nSPS) is 12.2. The first-order valence-electron chi connectivity index (χ1n) is 6.68. The predicted molar refractivity (Wildman–Crippen MR) is 75.1 cm³/mol. The van der Waals surface area contributed by atoms with Crippen LogP contribution in [0, 0.1) is 11.6 Å². The van der Waals surface area contributed by atoms with Crippen LogP contribution in [-0.2, 0) is 6.42 Å². The molecule has 1 heterocycles. The number of methoxy groups -OCH3 is 1. The summed E-state index contributed by atoms with van der Waals surface area (Å²) in [6.45, 7) is 2.58. The van der Waals surface area contributed by atoms with E-state index in [1.165, 1.54) is 19.4 Å². The predicted octanol–water partition coefficient (Wildman–Crippen LogP) is 2.66. The van der Waals surface area contributed by atoms with E-state index in [4.69, 9.17) is 4.74 Å². The number of ether oxygens (including phenoxy) is 1. The number of hydrogen-bond acceptors (Lipinski definition) is 4. The number of nitrogens with one attached hydrogen (secondary N) is 1. The Bertz CT molecular complexity index is 607. The highest BCUT2D eigenvalue weighted by molar-refractivity contribution is 5.26. The van der Waals surface area contributed by atoms with Crippen molar-refractivity contribution in [3.05, 3.63) is 53.5 Å². The van der Waals surface area contributed by atoms with Crippen molar-refractivity contribution in [3.8, 4) is 5.88 Å². The number of likely N-dealkylation sites (N-methyl/N-ethyl adjacent to an activating group) is 1. The topological polar surface area (TPSA) is 47.0 Å². The molecule has 0 saturated heterocycles. The Labute approximate surface area is 122 Å². The van der Waals surface area contributed by atoms with E-state index >= 15 is 0 Å². The van der Waals surface area contributed by atoms with Crippen molar-refractivity contribution < 1.29 is 13.5 Å². The molecule has 0 fully saturated rings. The summed E-state index contributed by atoms with van der Waals surface area (Å²) in [6, 6.07) is 3.84. The highest BCUT2D eigenvalue weighted by Crippen LogP contribution is 2.25. The number of halogens is 2. The SMILES string of the molecule is CCNC(Cc1cccc(F)c1F)c1nccnc1OC. The quantitative estimate of drug-likeness (QED) is 0.889. The van der Waals surface area contributed by atoms with E-state index in [2.05, 4.69) is 15.3 Å². The summed E-state index contributed by atoms with van der Waals surface area (Å²) in [5.74, 6) is -1.31. The second-order valence-corrected chi connectivity index (χ2v) is 4.48. The Hall–Kier alpha value is -2.08. The van der Waals surface area contributed by atoms with Crippen molar-refractivity contribution in [3.63, 3.8) is 0 Å². The Morgan fingerprint density at radius 1 is 1.24 bits per heavy atom. The van der Waals surface area contributed by atoms with Gasteiger partial charge >= 0.3 is 0 Å². The van der Waals surface area contributed by atoms with Gasteiger partial charge in [0.1, 0.15) is 5.69 Å². The highest BCUT2D eigenvalue weighted by Gasteiger charge is 2.20. The van der Waals surface area contributed by atoms with Crippen LogP contribution < -0.4 is 10.1 Å². The minimum atomic E-state index is -0.853. The molecule has 2 aromatic rings. The number of nitrogens with zero attached hydrogens (tertiary/aromatic N) is 2. The summed E-state index contributed by atoms with van der Waals surface area (Å²) in [7, 11) is 1.50. The van der Waals surface area contributed by atoms with Crippen molar-refractivity contribution in [1.82, 2.24) is 15.3 Å². The molecule has 1 atom stereocenters. The fourth-order valence-electron chi connectivity index (χ4n) is 2.17. The van der Waals surface area contributed by atoms with E-state index in [9.17, 15) is 8.78 Å². The Kier molecular flexibility index (Phi) is 5.16. The van der Waals surface area contributed by atoms with E-state index in [0.29, 0.717) is 18.1 Å². The number of hydrogen-bond donors (Lipinski definition) is 1. The lowest BCUT2D eigenvalue weighted by atomic mass is 10.0. The maximum Gasteiger partial charge on any atom is 0.237 e. The average molecular weight is 293 g/mol. The molecule has 0 aliphatic heterocycles. The molecule has 1 aromatic heterocycles. The molecular formula is C15H17F2N3O. The lowest BCUT2D eigenvalue weighted by Crippen LogP contribution is -2.25. The maximum absolute atomic E-state index is 13.8. The van der Waals surface area contributed by atoms with Crippen LogP contribution in [0.5, 0.6) is 5.88 Å². The van der Waals surface area contributed by atoms with Crippen molar-refractivity contribution >= 4 is 0 Å². The van der Waals surface area contributed by atoms with Crippen LogP contribution in [0.1, 0.15) is 24.2 Å². The summed E-state index contributed by atoms with van der Waals surface area (Å²) in [4.78, 5) is 8.34. The Morgan fingerprint density at radius 2 is 2.00 bits per heavy atom. The van der Waals surface area contributed by atoms with Crippen LogP contribution in [0.3, 0.4) is 0 Å². The van der Waals surface area contributed by atoms with Crippen LogP contribution >= 0.6 is 0 Å². The lowest BCUT2D eigenvalue weighted by molar-refractivity contribution is 0.376. The smallest absolute Gasteiger partial charge is 0.237 e.